The summed E-state index contributed by atoms with van der Waals surface area (Å²) < 4.78 is 3.12. The van der Waals surface area contributed by atoms with Crippen molar-refractivity contribution in [2.45, 2.75) is 32.7 Å². The molecule has 19 heavy (non-hydrogen) atoms. The van der Waals surface area contributed by atoms with Crippen molar-refractivity contribution in [3.8, 4) is 0 Å². The minimum Gasteiger partial charge on any atom is -0.335 e. The highest BCUT2D eigenvalue weighted by Crippen LogP contribution is 2.13. The fraction of sp³-hybridized carbons (Fsp3) is 0.333. The molecule has 100 valence electrons. The molecule has 0 N–H and O–H groups in total. The molecule has 1 aromatic heterocycles. The number of nitrogens with zero attached hydrogens (tertiary/aromatic N) is 2. The molecule has 0 unspecified atom stereocenters. The Bertz CT molecular complexity index is 546. The van der Waals surface area contributed by atoms with Crippen LogP contribution in [0.2, 0.25) is 0 Å². The first-order valence-electron chi connectivity index (χ1n) is 6.49. The van der Waals surface area contributed by atoms with Crippen LogP contribution in [0.1, 0.15) is 35.9 Å². The Balaban J connectivity index is 1.86. The van der Waals surface area contributed by atoms with E-state index in [1.807, 2.05) is 36.7 Å². The third-order valence-electron chi connectivity index (χ3n) is 3.09. The van der Waals surface area contributed by atoms with Gasteiger partial charge in [0.2, 0.25) is 0 Å². The van der Waals surface area contributed by atoms with Gasteiger partial charge in [-0.2, -0.15) is 0 Å². The molecular weight excluding hydrogens is 304 g/mol. The molecule has 3 nitrogen and oxygen atoms in total. The molecule has 1 aromatic carbocycles. The first-order valence-corrected chi connectivity index (χ1v) is 7.28. The number of ketones is 1. The molecular formula is C15H17BrN2O. The van der Waals surface area contributed by atoms with Gasteiger partial charge in [-0.15, -0.1) is 0 Å². The van der Waals surface area contributed by atoms with Crippen LogP contribution in [0.5, 0.6) is 0 Å². The zero-order chi connectivity index (χ0) is 13.7. The number of carbonyl (C=O) groups is 1. The second-order valence-corrected chi connectivity index (χ2v) is 5.34. The summed E-state index contributed by atoms with van der Waals surface area (Å²) in [4.78, 5) is 16.3. The van der Waals surface area contributed by atoms with E-state index >= 15 is 0 Å². The number of imidazole rings is 1. The number of benzene rings is 1. The number of hydrogen-bond donors (Lipinski definition) is 0. The standard InChI is InChI=1S/C15H17BrN2O/c1-2-15-17-9-11-18(15)10-3-4-14(19)12-5-7-13(16)8-6-12/h5-9,11H,2-4,10H2,1H3. The minimum atomic E-state index is 0.200. The zero-order valence-electron chi connectivity index (χ0n) is 11.0. The molecule has 0 amide bonds. The van der Waals surface area contributed by atoms with E-state index < -0.39 is 0 Å². The van der Waals surface area contributed by atoms with E-state index in [0.29, 0.717) is 6.42 Å². The van der Waals surface area contributed by atoms with Crippen LogP contribution < -0.4 is 0 Å². The molecule has 0 atom stereocenters. The number of aryl methyl sites for hydroxylation is 2. The number of Topliss-reactive ketones (excluding diaryl/α,β-unsaturated/α-hetero) is 1. The zero-order valence-corrected chi connectivity index (χ0v) is 12.6. The topological polar surface area (TPSA) is 34.9 Å². The molecule has 2 aromatic rings. The molecule has 0 saturated heterocycles. The number of hydrogen-bond acceptors (Lipinski definition) is 2. The van der Waals surface area contributed by atoms with Crippen molar-refractivity contribution in [2.24, 2.45) is 0 Å². The van der Waals surface area contributed by atoms with Crippen LogP contribution in [0, 0.1) is 0 Å². The smallest absolute Gasteiger partial charge is 0.162 e. The molecule has 2 rings (SSSR count). The Morgan fingerprint density at radius 3 is 2.74 bits per heavy atom. The Labute approximate surface area is 121 Å². The summed E-state index contributed by atoms with van der Waals surface area (Å²) in [7, 11) is 0. The van der Waals surface area contributed by atoms with Crippen LogP contribution in [0.3, 0.4) is 0 Å². The van der Waals surface area contributed by atoms with Crippen LogP contribution in [0.25, 0.3) is 0 Å². The predicted molar refractivity (Wildman–Crippen MR) is 79.3 cm³/mol. The average molecular weight is 321 g/mol. The summed E-state index contributed by atoms with van der Waals surface area (Å²) in [6.07, 6.45) is 6.13. The second kappa shape index (κ2) is 6.66. The van der Waals surface area contributed by atoms with Crippen molar-refractivity contribution in [1.29, 1.82) is 0 Å². The van der Waals surface area contributed by atoms with Gasteiger partial charge in [0, 0.05) is 41.8 Å². The predicted octanol–water partition coefficient (Wildman–Crippen LogP) is 3.87. The summed E-state index contributed by atoms with van der Waals surface area (Å²) in [5.41, 5.74) is 0.782. The van der Waals surface area contributed by atoms with Gasteiger partial charge in [0.15, 0.2) is 5.78 Å². The summed E-state index contributed by atoms with van der Waals surface area (Å²) in [6.45, 7) is 2.94. The summed E-state index contributed by atoms with van der Waals surface area (Å²) in [6, 6.07) is 7.53. The third-order valence-corrected chi connectivity index (χ3v) is 3.62. The summed E-state index contributed by atoms with van der Waals surface area (Å²) in [5.74, 6) is 1.28. The van der Waals surface area contributed by atoms with Crippen molar-refractivity contribution in [2.75, 3.05) is 0 Å². The molecule has 0 bridgehead atoms. The Hall–Kier alpha value is -1.42. The van der Waals surface area contributed by atoms with E-state index in [1.165, 1.54) is 0 Å². The summed E-state index contributed by atoms with van der Waals surface area (Å²) in [5, 5.41) is 0. The van der Waals surface area contributed by atoms with Gasteiger partial charge in [-0.3, -0.25) is 4.79 Å². The van der Waals surface area contributed by atoms with Crippen LogP contribution >= 0.6 is 15.9 Å². The van der Waals surface area contributed by atoms with Gasteiger partial charge >= 0.3 is 0 Å². The van der Waals surface area contributed by atoms with E-state index in [-0.39, 0.29) is 5.78 Å². The van der Waals surface area contributed by atoms with E-state index in [2.05, 4.69) is 32.4 Å². The van der Waals surface area contributed by atoms with E-state index in [1.54, 1.807) is 0 Å². The van der Waals surface area contributed by atoms with Crippen LogP contribution in [0.4, 0.5) is 0 Å². The SMILES string of the molecule is CCc1nccn1CCCC(=O)c1ccc(Br)cc1. The monoisotopic (exact) mass is 320 g/mol. The fourth-order valence-corrected chi connectivity index (χ4v) is 2.31. The van der Waals surface area contributed by atoms with Crippen LogP contribution in [0.15, 0.2) is 41.1 Å². The maximum absolute atomic E-state index is 12.0. The molecule has 4 heteroatoms. The van der Waals surface area contributed by atoms with Crippen LogP contribution in [-0.2, 0) is 13.0 Å². The van der Waals surface area contributed by atoms with Crippen molar-refractivity contribution in [3.05, 3.63) is 52.5 Å². The first-order chi connectivity index (χ1) is 9.20. The third kappa shape index (κ3) is 3.77. The molecule has 0 radical (unpaired) electrons. The maximum Gasteiger partial charge on any atom is 0.162 e. The molecule has 0 saturated carbocycles. The molecule has 0 aliphatic heterocycles. The molecule has 0 fully saturated rings. The van der Waals surface area contributed by atoms with Crippen molar-refractivity contribution in [1.82, 2.24) is 9.55 Å². The minimum absolute atomic E-state index is 0.200. The van der Waals surface area contributed by atoms with Gasteiger partial charge in [0.1, 0.15) is 5.82 Å². The lowest BCUT2D eigenvalue weighted by Gasteiger charge is -2.06. The van der Waals surface area contributed by atoms with Crippen molar-refractivity contribution >= 4 is 21.7 Å². The van der Waals surface area contributed by atoms with Gasteiger partial charge in [0.25, 0.3) is 0 Å². The molecule has 0 aliphatic carbocycles. The highest BCUT2D eigenvalue weighted by Gasteiger charge is 2.06. The molecule has 1 heterocycles. The summed E-state index contributed by atoms with van der Waals surface area (Å²) >= 11 is 3.37. The van der Waals surface area contributed by atoms with Crippen molar-refractivity contribution in [3.63, 3.8) is 0 Å². The number of rotatable bonds is 6. The van der Waals surface area contributed by atoms with E-state index in [0.717, 1.165) is 35.2 Å². The van der Waals surface area contributed by atoms with Crippen molar-refractivity contribution < 1.29 is 4.79 Å². The largest absolute Gasteiger partial charge is 0.335 e. The highest BCUT2D eigenvalue weighted by molar-refractivity contribution is 9.10. The number of carbonyl (C=O) groups excluding carboxylic acids is 1. The van der Waals surface area contributed by atoms with Crippen LogP contribution in [-0.4, -0.2) is 15.3 Å². The lowest BCUT2D eigenvalue weighted by atomic mass is 10.1. The lowest BCUT2D eigenvalue weighted by Crippen LogP contribution is -2.05. The maximum atomic E-state index is 12.0. The number of aromatic nitrogens is 2. The Morgan fingerprint density at radius 2 is 2.05 bits per heavy atom. The van der Waals surface area contributed by atoms with Gasteiger partial charge in [0.05, 0.1) is 0 Å². The fourth-order valence-electron chi connectivity index (χ4n) is 2.05. The Morgan fingerprint density at radius 1 is 1.32 bits per heavy atom. The first kappa shape index (κ1) is 14.0. The lowest BCUT2D eigenvalue weighted by molar-refractivity contribution is 0.0978. The normalized spacial score (nSPS) is 10.6. The van der Waals surface area contributed by atoms with Gasteiger partial charge in [-0.05, 0) is 18.6 Å². The van der Waals surface area contributed by atoms with Gasteiger partial charge in [-0.25, -0.2) is 4.98 Å². The molecule has 0 spiro atoms. The molecule has 0 aliphatic rings. The number of halogens is 1. The van der Waals surface area contributed by atoms with E-state index in [4.69, 9.17) is 0 Å². The van der Waals surface area contributed by atoms with Gasteiger partial charge in [-0.1, -0.05) is 35.0 Å². The van der Waals surface area contributed by atoms with E-state index in [9.17, 15) is 4.79 Å². The second-order valence-electron chi connectivity index (χ2n) is 4.42. The quantitative estimate of drug-likeness (QED) is 0.757. The van der Waals surface area contributed by atoms with Gasteiger partial charge < -0.3 is 4.57 Å². The highest BCUT2D eigenvalue weighted by atomic mass is 79.9. The Kier molecular flexibility index (Phi) is 4.91. The average Bonchev–Trinajstić information content (AvgIpc) is 2.87.